The zero-order chi connectivity index (χ0) is 9.97. The van der Waals surface area contributed by atoms with Gasteiger partial charge in [0, 0.05) is 32.1 Å². The first-order valence-electron chi connectivity index (χ1n) is 4.75. The molecular formula is C9H12ClN3O. The lowest BCUT2D eigenvalue weighted by molar-refractivity contribution is -0.120. The third-order valence-corrected chi connectivity index (χ3v) is 2.61. The van der Waals surface area contributed by atoms with Crippen LogP contribution >= 0.6 is 11.6 Å². The average molecular weight is 214 g/mol. The zero-order valence-electron chi connectivity index (χ0n) is 7.82. The molecule has 76 valence electrons. The summed E-state index contributed by atoms with van der Waals surface area (Å²) < 4.78 is 0. The van der Waals surface area contributed by atoms with Crippen molar-refractivity contribution in [3.8, 4) is 0 Å². The van der Waals surface area contributed by atoms with Crippen LogP contribution in [-0.2, 0) is 4.79 Å². The van der Waals surface area contributed by atoms with E-state index in [1.165, 1.54) is 0 Å². The molecule has 14 heavy (non-hydrogen) atoms. The van der Waals surface area contributed by atoms with Crippen molar-refractivity contribution >= 4 is 29.6 Å². The highest BCUT2D eigenvalue weighted by molar-refractivity contribution is 6.29. The maximum absolute atomic E-state index is 11.0. The molecule has 0 radical (unpaired) electrons. The molecule has 0 aromatic heterocycles. The van der Waals surface area contributed by atoms with Gasteiger partial charge in [-0.05, 0) is 0 Å². The molecule has 1 unspecified atom stereocenters. The van der Waals surface area contributed by atoms with E-state index in [0.29, 0.717) is 25.2 Å². The van der Waals surface area contributed by atoms with E-state index in [9.17, 15) is 4.79 Å². The van der Waals surface area contributed by atoms with Gasteiger partial charge < -0.3 is 4.90 Å². The number of aliphatic imine (C=N–C) groups is 2. The normalized spacial score (nSPS) is 27.8. The molecule has 0 N–H and O–H groups in total. The van der Waals surface area contributed by atoms with Crippen LogP contribution in [0.3, 0.4) is 0 Å². The molecule has 2 aliphatic rings. The van der Waals surface area contributed by atoms with Crippen molar-refractivity contribution in [2.45, 2.75) is 18.2 Å². The number of carbonyl (C=O) groups excluding carboxylic acids is 1. The number of alkyl halides is 1. The van der Waals surface area contributed by atoms with Crippen LogP contribution in [0, 0.1) is 0 Å². The lowest BCUT2D eigenvalue weighted by atomic mass is 10.1. The minimum absolute atomic E-state index is 0.0785. The lowest BCUT2D eigenvalue weighted by Gasteiger charge is -2.28. The summed E-state index contributed by atoms with van der Waals surface area (Å²) in [6, 6.07) is 0. The van der Waals surface area contributed by atoms with E-state index in [1.807, 2.05) is 4.90 Å². The van der Waals surface area contributed by atoms with Gasteiger partial charge in [-0.25, -0.2) is 9.98 Å². The van der Waals surface area contributed by atoms with Gasteiger partial charge in [0.1, 0.15) is 5.78 Å². The first-order chi connectivity index (χ1) is 6.75. The number of carbonyl (C=O) groups is 1. The minimum Gasteiger partial charge on any atom is -0.340 e. The Morgan fingerprint density at radius 2 is 2.14 bits per heavy atom. The van der Waals surface area contributed by atoms with Gasteiger partial charge in [-0.3, -0.25) is 4.79 Å². The quantitative estimate of drug-likeness (QED) is 0.556. The number of likely N-dealkylation sites (tertiary alicyclic amines) is 1. The fourth-order valence-electron chi connectivity index (χ4n) is 1.54. The van der Waals surface area contributed by atoms with E-state index in [4.69, 9.17) is 11.6 Å². The number of piperidine rings is 1. The Labute approximate surface area is 87.7 Å². The molecule has 2 heterocycles. The molecule has 0 aromatic carbocycles. The summed E-state index contributed by atoms with van der Waals surface area (Å²) in [6.07, 6.45) is 2.93. The maximum atomic E-state index is 11.0. The summed E-state index contributed by atoms with van der Waals surface area (Å²) in [5, 5.41) is -0.0785. The molecule has 2 rings (SSSR count). The molecule has 0 aromatic rings. The number of Topliss-reactive ketones (excluding diaryl/α,β-unsaturated/α-hetero) is 1. The number of halogens is 1. The molecule has 0 bridgehead atoms. The van der Waals surface area contributed by atoms with E-state index in [0.717, 1.165) is 19.0 Å². The highest BCUT2D eigenvalue weighted by Crippen LogP contribution is 2.10. The molecule has 0 saturated carbocycles. The predicted molar refractivity (Wildman–Crippen MR) is 56.2 cm³/mol. The van der Waals surface area contributed by atoms with Gasteiger partial charge in [0.05, 0.1) is 11.9 Å². The SMILES string of the molecule is O=C1CCN(C2=NCC(Cl)C=N2)CC1. The summed E-state index contributed by atoms with van der Waals surface area (Å²) in [7, 11) is 0. The lowest BCUT2D eigenvalue weighted by Crippen LogP contribution is -2.39. The fourth-order valence-corrected chi connectivity index (χ4v) is 1.67. The molecular weight excluding hydrogens is 202 g/mol. The topological polar surface area (TPSA) is 45.0 Å². The van der Waals surface area contributed by atoms with Gasteiger partial charge in [-0.15, -0.1) is 11.6 Å². The van der Waals surface area contributed by atoms with Crippen LogP contribution in [0.1, 0.15) is 12.8 Å². The van der Waals surface area contributed by atoms with Crippen LogP contribution in [-0.4, -0.2) is 47.9 Å². The van der Waals surface area contributed by atoms with Crippen LogP contribution in [0.2, 0.25) is 0 Å². The summed E-state index contributed by atoms with van der Waals surface area (Å²) in [5.74, 6) is 1.06. The van der Waals surface area contributed by atoms with Crippen molar-refractivity contribution in [1.29, 1.82) is 0 Å². The minimum atomic E-state index is -0.0785. The smallest absolute Gasteiger partial charge is 0.220 e. The Bertz CT molecular complexity index is 290. The molecule has 0 aliphatic carbocycles. The predicted octanol–water partition coefficient (Wildman–Crippen LogP) is 0.699. The molecule has 1 fully saturated rings. The van der Waals surface area contributed by atoms with Crippen molar-refractivity contribution in [1.82, 2.24) is 4.90 Å². The van der Waals surface area contributed by atoms with Crippen LogP contribution < -0.4 is 0 Å². The first-order valence-corrected chi connectivity index (χ1v) is 5.19. The van der Waals surface area contributed by atoms with Crippen molar-refractivity contribution in [3.63, 3.8) is 0 Å². The van der Waals surface area contributed by atoms with Crippen LogP contribution in [0.15, 0.2) is 9.98 Å². The number of guanidine groups is 1. The second-order valence-corrected chi connectivity index (χ2v) is 4.02. The maximum Gasteiger partial charge on any atom is 0.220 e. The van der Waals surface area contributed by atoms with Gasteiger partial charge in [-0.2, -0.15) is 0 Å². The summed E-state index contributed by atoms with van der Waals surface area (Å²) in [5.41, 5.74) is 0. The van der Waals surface area contributed by atoms with E-state index in [1.54, 1.807) is 6.21 Å². The van der Waals surface area contributed by atoms with Gasteiger partial charge in [0.2, 0.25) is 5.96 Å². The summed E-state index contributed by atoms with van der Waals surface area (Å²) >= 11 is 5.82. The average Bonchev–Trinajstić information content (AvgIpc) is 2.21. The Morgan fingerprint density at radius 1 is 1.43 bits per heavy atom. The Morgan fingerprint density at radius 3 is 2.71 bits per heavy atom. The third kappa shape index (κ3) is 2.12. The van der Waals surface area contributed by atoms with E-state index in [-0.39, 0.29) is 5.38 Å². The van der Waals surface area contributed by atoms with E-state index < -0.39 is 0 Å². The molecule has 2 aliphatic heterocycles. The fraction of sp³-hybridized carbons (Fsp3) is 0.667. The second kappa shape index (κ2) is 4.09. The number of ketones is 1. The molecule has 5 heteroatoms. The highest BCUT2D eigenvalue weighted by Gasteiger charge is 2.20. The van der Waals surface area contributed by atoms with Crippen LogP contribution in [0.25, 0.3) is 0 Å². The number of hydrogen-bond donors (Lipinski definition) is 0. The molecule has 1 atom stereocenters. The molecule has 0 spiro atoms. The highest BCUT2D eigenvalue weighted by atomic mass is 35.5. The molecule has 4 nitrogen and oxygen atoms in total. The summed E-state index contributed by atoms with van der Waals surface area (Å²) in [6.45, 7) is 2.06. The number of hydrogen-bond acceptors (Lipinski definition) is 4. The largest absolute Gasteiger partial charge is 0.340 e. The van der Waals surface area contributed by atoms with E-state index in [2.05, 4.69) is 9.98 Å². The van der Waals surface area contributed by atoms with Crippen LogP contribution in [0.4, 0.5) is 0 Å². The van der Waals surface area contributed by atoms with Gasteiger partial charge in [-0.1, -0.05) is 0 Å². The standard InChI is InChI=1S/C9H12ClN3O/c10-7-5-11-9(12-6-7)13-3-1-8(14)2-4-13/h5,7H,1-4,6H2. The van der Waals surface area contributed by atoms with Gasteiger partial charge in [0.25, 0.3) is 0 Å². The van der Waals surface area contributed by atoms with Crippen molar-refractivity contribution in [2.75, 3.05) is 19.6 Å². The summed E-state index contributed by atoms with van der Waals surface area (Å²) in [4.78, 5) is 21.5. The van der Waals surface area contributed by atoms with E-state index >= 15 is 0 Å². The van der Waals surface area contributed by atoms with Gasteiger partial charge >= 0.3 is 0 Å². The van der Waals surface area contributed by atoms with Crippen molar-refractivity contribution in [3.05, 3.63) is 0 Å². The van der Waals surface area contributed by atoms with Gasteiger partial charge in [0.15, 0.2) is 0 Å². The van der Waals surface area contributed by atoms with Crippen molar-refractivity contribution in [2.24, 2.45) is 9.98 Å². The zero-order valence-corrected chi connectivity index (χ0v) is 8.57. The third-order valence-electron chi connectivity index (χ3n) is 2.36. The Kier molecular flexibility index (Phi) is 2.82. The molecule has 0 amide bonds. The number of rotatable bonds is 0. The Balaban J connectivity index is 1.96. The van der Waals surface area contributed by atoms with Crippen molar-refractivity contribution < 1.29 is 4.79 Å². The van der Waals surface area contributed by atoms with Crippen LogP contribution in [0.5, 0.6) is 0 Å². The first kappa shape index (κ1) is 9.65. The Hall–Kier alpha value is -0.900. The monoisotopic (exact) mass is 213 g/mol. The number of nitrogens with zero attached hydrogens (tertiary/aromatic N) is 3. The second-order valence-electron chi connectivity index (χ2n) is 3.46. The molecule has 1 saturated heterocycles.